The van der Waals surface area contributed by atoms with Crippen molar-refractivity contribution >= 4 is 23.4 Å². The molecule has 1 aromatic rings. The van der Waals surface area contributed by atoms with Crippen LogP contribution < -0.4 is 21.3 Å². The van der Waals surface area contributed by atoms with Gasteiger partial charge in [0.1, 0.15) is 6.20 Å². The van der Waals surface area contributed by atoms with E-state index in [1.54, 1.807) is 14.1 Å². The number of nitrogens with one attached hydrogen (secondary N) is 1. The Hall–Kier alpha value is -2.33. The molecule has 1 fully saturated rings. The number of amides is 1. The van der Waals surface area contributed by atoms with Crippen molar-refractivity contribution < 1.29 is 9.72 Å². The molecule has 0 bridgehead atoms. The van der Waals surface area contributed by atoms with Gasteiger partial charge in [-0.2, -0.15) is 9.97 Å². The van der Waals surface area contributed by atoms with Gasteiger partial charge in [-0.1, -0.05) is 0 Å². The number of anilines is 1. The van der Waals surface area contributed by atoms with E-state index in [0.717, 1.165) is 25.7 Å². The van der Waals surface area contributed by atoms with Gasteiger partial charge in [0.25, 0.3) is 5.91 Å². The predicted octanol–water partition coefficient (Wildman–Crippen LogP) is 0.366. The quantitative estimate of drug-likeness (QED) is 0.364. The second-order valence-electron chi connectivity index (χ2n) is 7.13. The summed E-state index contributed by atoms with van der Waals surface area (Å²) >= 11 is 0. The third kappa shape index (κ3) is 5.07. The lowest BCUT2D eigenvalue weighted by molar-refractivity contribution is -0.384. The van der Waals surface area contributed by atoms with Gasteiger partial charge < -0.3 is 16.8 Å². The Morgan fingerprint density at radius 2 is 2.04 bits per heavy atom. The van der Waals surface area contributed by atoms with Crippen LogP contribution >= 0.6 is 0 Å². The molecular formula is C15H26N7O3+. The number of hydrogen-bond donors (Lipinski definition) is 3. The molecule has 1 heterocycles. The molecule has 0 radical (unpaired) electrons. The Kier molecular flexibility index (Phi) is 5.85. The van der Waals surface area contributed by atoms with Crippen LogP contribution in [0.3, 0.4) is 0 Å². The first kappa shape index (κ1) is 19.0. The molecule has 0 spiro atoms. The zero-order valence-electron chi connectivity index (χ0n) is 14.6. The van der Waals surface area contributed by atoms with Gasteiger partial charge in [-0.3, -0.25) is 19.4 Å². The predicted molar refractivity (Wildman–Crippen MR) is 94.8 cm³/mol. The van der Waals surface area contributed by atoms with Gasteiger partial charge in [0, 0.05) is 12.6 Å². The van der Waals surface area contributed by atoms with E-state index in [1.807, 2.05) is 0 Å². The van der Waals surface area contributed by atoms with Crippen molar-refractivity contribution in [2.24, 2.45) is 17.4 Å². The molecule has 0 atom stereocenters. The molecule has 5 N–H and O–H groups in total. The first-order chi connectivity index (χ1) is 11.7. The van der Waals surface area contributed by atoms with E-state index in [2.05, 4.69) is 15.3 Å². The molecular weight excluding hydrogens is 326 g/mol. The Balaban J connectivity index is 2.17. The molecule has 10 nitrogen and oxygen atoms in total. The van der Waals surface area contributed by atoms with Gasteiger partial charge in [0.05, 0.1) is 19.0 Å². The van der Waals surface area contributed by atoms with Crippen LogP contribution in [0.1, 0.15) is 25.7 Å². The average molecular weight is 352 g/mol. The molecule has 0 saturated heterocycles. The second-order valence-corrected chi connectivity index (χ2v) is 7.13. The molecule has 1 aliphatic rings. The molecule has 25 heavy (non-hydrogen) atoms. The van der Waals surface area contributed by atoms with Gasteiger partial charge >= 0.3 is 11.6 Å². The van der Waals surface area contributed by atoms with E-state index >= 15 is 0 Å². The largest absolute Gasteiger partial charge is 0.365 e. The van der Waals surface area contributed by atoms with Crippen molar-refractivity contribution in [1.82, 2.24) is 14.5 Å². The van der Waals surface area contributed by atoms with Crippen LogP contribution in [0, 0.1) is 16.0 Å². The molecule has 0 unspecified atom stereocenters. The van der Waals surface area contributed by atoms with Crippen molar-refractivity contribution in [3.8, 4) is 0 Å². The summed E-state index contributed by atoms with van der Waals surface area (Å²) in [5, 5.41) is 14.3. The smallest absolute Gasteiger partial charge is 0.331 e. The number of quaternary nitrogens is 1. The first-order valence-electron chi connectivity index (χ1n) is 8.32. The van der Waals surface area contributed by atoms with Crippen LogP contribution in [-0.4, -0.2) is 54.0 Å². The fourth-order valence-electron chi connectivity index (χ4n) is 3.02. The standard InChI is InChI=1S/C15H25N7O3/c1-22(2,9-13(17)23)15-19-8-12(21(24)25)14(20-15)18-7-10-3-5-11(16)6-4-10/h8,10-11H,3-7,9,16H2,1-2H3,(H2-,17,18,19,20,23)/p+1. The first-order valence-corrected chi connectivity index (χ1v) is 8.32. The number of carbonyl (C=O) groups is 1. The number of likely N-dealkylation sites (N-methyl/N-ethyl adjacent to an activating group) is 1. The number of rotatable bonds is 7. The van der Waals surface area contributed by atoms with Gasteiger partial charge in [0.15, 0.2) is 6.54 Å². The summed E-state index contributed by atoms with van der Waals surface area (Å²) in [4.78, 5) is 30.3. The lowest BCUT2D eigenvalue weighted by Crippen LogP contribution is -2.48. The molecule has 0 aliphatic heterocycles. The van der Waals surface area contributed by atoms with E-state index in [-0.39, 0.29) is 34.5 Å². The summed E-state index contributed by atoms with van der Waals surface area (Å²) in [6, 6.07) is 0.253. The lowest BCUT2D eigenvalue weighted by Gasteiger charge is -2.27. The van der Waals surface area contributed by atoms with Crippen molar-refractivity contribution in [1.29, 1.82) is 0 Å². The van der Waals surface area contributed by atoms with Crippen molar-refractivity contribution in [3.05, 3.63) is 16.3 Å². The SMILES string of the molecule is C[N+](C)(CC(N)=O)c1ncc([N+](=O)[O-])c(NCC2CCC(N)CC2)n1. The van der Waals surface area contributed by atoms with Gasteiger partial charge in [-0.25, -0.2) is 0 Å². The molecule has 10 heteroatoms. The minimum absolute atomic E-state index is 0.00222. The number of primary amides is 1. The van der Waals surface area contributed by atoms with E-state index in [9.17, 15) is 14.9 Å². The molecule has 1 aliphatic carbocycles. The Morgan fingerprint density at radius 1 is 1.40 bits per heavy atom. The van der Waals surface area contributed by atoms with Crippen LogP contribution in [0.4, 0.5) is 17.5 Å². The Labute approximate surface area is 146 Å². The number of nitrogens with zero attached hydrogens (tertiary/aromatic N) is 4. The second kappa shape index (κ2) is 7.70. The maximum atomic E-state index is 11.2. The summed E-state index contributed by atoms with van der Waals surface area (Å²) < 4.78 is 0.0142. The highest BCUT2D eigenvalue weighted by Crippen LogP contribution is 2.27. The number of carbonyl (C=O) groups excluding carboxylic acids is 1. The minimum Gasteiger partial charge on any atom is -0.365 e. The summed E-state index contributed by atoms with van der Waals surface area (Å²) in [6.07, 6.45) is 5.08. The average Bonchev–Trinajstić information content (AvgIpc) is 2.52. The van der Waals surface area contributed by atoms with Crippen molar-refractivity contribution in [2.45, 2.75) is 31.7 Å². The maximum Gasteiger partial charge on any atom is 0.331 e. The zero-order chi connectivity index (χ0) is 18.6. The van der Waals surface area contributed by atoms with Crippen molar-refractivity contribution in [3.63, 3.8) is 0 Å². The van der Waals surface area contributed by atoms with Crippen LogP contribution in [0.2, 0.25) is 0 Å². The monoisotopic (exact) mass is 352 g/mol. The van der Waals surface area contributed by atoms with E-state index in [4.69, 9.17) is 11.5 Å². The van der Waals surface area contributed by atoms with E-state index in [1.165, 1.54) is 6.20 Å². The number of hydrogen-bond acceptors (Lipinski definition) is 7. The summed E-state index contributed by atoms with van der Waals surface area (Å²) in [5.41, 5.74) is 11.0. The van der Waals surface area contributed by atoms with Crippen LogP contribution in [0.25, 0.3) is 0 Å². The van der Waals surface area contributed by atoms with Gasteiger partial charge in [-0.05, 0) is 31.6 Å². The summed E-state index contributed by atoms with van der Waals surface area (Å²) in [7, 11) is 3.44. The fraction of sp³-hybridized carbons (Fsp3) is 0.667. The molecule has 1 saturated carbocycles. The van der Waals surface area contributed by atoms with Crippen LogP contribution in [-0.2, 0) is 4.79 Å². The maximum absolute atomic E-state index is 11.2. The van der Waals surface area contributed by atoms with Crippen molar-refractivity contribution in [2.75, 3.05) is 32.5 Å². The fourth-order valence-corrected chi connectivity index (χ4v) is 3.02. The highest BCUT2D eigenvalue weighted by atomic mass is 16.6. The van der Waals surface area contributed by atoms with E-state index < -0.39 is 10.8 Å². The Bertz CT molecular complexity index is 642. The third-order valence-electron chi connectivity index (χ3n) is 4.50. The number of nitrogens with two attached hydrogens (primary N) is 2. The summed E-state index contributed by atoms with van der Waals surface area (Å²) in [6.45, 7) is 0.588. The Morgan fingerprint density at radius 3 is 2.60 bits per heavy atom. The molecule has 0 aromatic carbocycles. The topological polar surface area (TPSA) is 150 Å². The third-order valence-corrected chi connectivity index (χ3v) is 4.50. The van der Waals surface area contributed by atoms with E-state index in [0.29, 0.717) is 12.5 Å². The minimum atomic E-state index is -0.517. The highest BCUT2D eigenvalue weighted by Gasteiger charge is 2.29. The number of aromatic nitrogens is 2. The van der Waals surface area contributed by atoms with Crippen LogP contribution in [0.15, 0.2) is 6.20 Å². The highest BCUT2D eigenvalue weighted by molar-refractivity contribution is 5.77. The number of nitro groups is 1. The molecule has 2 rings (SSSR count). The zero-order valence-corrected chi connectivity index (χ0v) is 14.6. The van der Waals surface area contributed by atoms with Gasteiger partial charge in [0.2, 0.25) is 5.82 Å². The molecule has 138 valence electrons. The molecule has 1 amide bonds. The van der Waals surface area contributed by atoms with Crippen LogP contribution in [0.5, 0.6) is 0 Å². The molecule has 1 aromatic heterocycles. The lowest BCUT2D eigenvalue weighted by atomic mass is 9.86. The normalized spacial score (nSPS) is 20.9. The summed E-state index contributed by atoms with van der Waals surface area (Å²) in [5.74, 6) is 0.365. The van der Waals surface area contributed by atoms with Gasteiger partial charge in [-0.15, -0.1) is 0 Å².